The second-order valence-electron chi connectivity index (χ2n) is 5.85. The Kier molecular flexibility index (Phi) is 7.11. The van der Waals surface area contributed by atoms with Crippen LogP contribution < -0.4 is 15.4 Å². The summed E-state index contributed by atoms with van der Waals surface area (Å²) in [6.07, 6.45) is 0. The molecule has 6 nitrogen and oxygen atoms in total. The molecule has 0 aliphatic heterocycles. The number of halogens is 1. The summed E-state index contributed by atoms with van der Waals surface area (Å²) in [4.78, 5) is 25.5. The van der Waals surface area contributed by atoms with E-state index < -0.39 is 0 Å². The van der Waals surface area contributed by atoms with E-state index in [0.717, 1.165) is 11.3 Å². The first-order chi connectivity index (χ1) is 12.5. The molecule has 0 radical (unpaired) electrons. The fourth-order valence-corrected chi connectivity index (χ4v) is 2.28. The van der Waals surface area contributed by atoms with E-state index in [1.807, 2.05) is 24.3 Å². The first kappa shape index (κ1) is 19.4. The molecule has 0 saturated heterocycles. The molecular weight excluding hydrogens is 337 g/mol. The predicted octanol–water partition coefficient (Wildman–Crippen LogP) is 2.02. The van der Waals surface area contributed by atoms with Crippen LogP contribution in [0.3, 0.4) is 0 Å². The van der Waals surface area contributed by atoms with E-state index in [4.69, 9.17) is 4.74 Å². The zero-order valence-electron chi connectivity index (χ0n) is 14.8. The molecule has 0 heterocycles. The normalized spacial score (nSPS) is 10.5. The van der Waals surface area contributed by atoms with Crippen LogP contribution in [0.4, 0.5) is 10.1 Å². The van der Waals surface area contributed by atoms with Crippen molar-refractivity contribution in [1.29, 1.82) is 0 Å². The van der Waals surface area contributed by atoms with Gasteiger partial charge in [-0.15, -0.1) is 0 Å². The highest BCUT2D eigenvalue weighted by Crippen LogP contribution is 2.11. The fraction of sp³-hybridized carbons (Fsp3) is 0.263. The molecule has 0 aliphatic rings. The quantitative estimate of drug-likeness (QED) is 0.757. The molecule has 0 unspecified atom stereocenters. The Hall–Kier alpha value is -2.93. The highest BCUT2D eigenvalue weighted by molar-refractivity contribution is 5.92. The standard InChI is InChI=1S/C19H22FN3O3/c1-23(13-19(25)22-16-7-5-15(20)6-8-16)12-18(24)21-11-14-3-9-17(26-2)10-4-14/h3-10H,11-13H2,1-2H3,(H,21,24)(H,22,25). The van der Waals surface area contributed by atoms with Crippen molar-refractivity contribution >= 4 is 17.5 Å². The lowest BCUT2D eigenvalue weighted by Crippen LogP contribution is -2.38. The van der Waals surface area contributed by atoms with Crippen molar-refractivity contribution in [2.75, 3.05) is 32.6 Å². The summed E-state index contributed by atoms with van der Waals surface area (Å²) >= 11 is 0. The molecule has 2 aromatic rings. The second kappa shape index (κ2) is 9.53. The number of rotatable bonds is 8. The van der Waals surface area contributed by atoms with Crippen LogP contribution in [0, 0.1) is 5.82 Å². The van der Waals surface area contributed by atoms with Gasteiger partial charge in [-0.25, -0.2) is 4.39 Å². The number of carbonyl (C=O) groups excluding carboxylic acids is 2. The fourth-order valence-electron chi connectivity index (χ4n) is 2.28. The second-order valence-corrected chi connectivity index (χ2v) is 5.85. The first-order valence-electron chi connectivity index (χ1n) is 8.10. The van der Waals surface area contributed by atoms with Crippen molar-refractivity contribution in [3.8, 4) is 5.75 Å². The molecule has 2 aromatic carbocycles. The molecule has 0 atom stereocenters. The number of anilines is 1. The Labute approximate surface area is 152 Å². The van der Waals surface area contributed by atoms with Gasteiger partial charge in [-0.3, -0.25) is 14.5 Å². The van der Waals surface area contributed by atoms with E-state index in [2.05, 4.69) is 10.6 Å². The molecule has 2 rings (SSSR count). The number of nitrogens with one attached hydrogen (secondary N) is 2. The third-order valence-electron chi connectivity index (χ3n) is 3.60. The summed E-state index contributed by atoms with van der Waals surface area (Å²) < 4.78 is 17.9. The third-order valence-corrected chi connectivity index (χ3v) is 3.60. The Balaban J connectivity index is 1.71. The van der Waals surface area contributed by atoms with E-state index in [9.17, 15) is 14.0 Å². The molecular formula is C19H22FN3O3. The number of likely N-dealkylation sites (N-methyl/N-ethyl adjacent to an activating group) is 1. The minimum absolute atomic E-state index is 0.0489. The van der Waals surface area contributed by atoms with Gasteiger partial charge in [0, 0.05) is 12.2 Å². The van der Waals surface area contributed by atoms with Gasteiger partial charge in [-0.2, -0.15) is 0 Å². The average Bonchev–Trinajstić information content (AvgIpc) is 2.62. The van der Waals surface area contributed by atoms with E-state index in [-0.39, 0.29) is 30.7 Å². The van der Waals surface area contributed by atoms with Gasteiger partial charge >= 0.3 is 0 Å². The maximum absolute atomic E-state index is 12.8. The smallest absolute Gasteiger partial charge is 0.238 e. The van der Waals surface area contributed by atoms with Crippen LogP contribution in [-0.4, -0.2) is 44.0 Å². The van der Waals surface area contributed by atoms with Gasteiger partial charge in [-0.1, -0.05) is 12.1 Å². The molecule has 7 heteroatoms. The molecule has 0 fully saturated rings. The molecule has 0 bridgehead atoms. The van der Waals surface area contributed by atoms with Gasteiger partial charge in [0.1, 0.15) is 11.6 Å². The highest BCUT2D eigenvalue weighted by atomic mass is 19.1. The Bertz CT molecular complexity index is 733. The van der Waals surface area contributed by atoms with Crippen LogP contribution in [0.15, 0.2) is 48.5 Å². The Morgan fingerprint density at radius 1 is 1.00 bits per heavy atom. The lowest BCUT2D eigenvalue weighted by atomic mass is 10.2. The van der Waals surface area contributed by atoms with Crippen molar-refractivity contribution in [2.24, 2.45) is 0 Å². The van der Waals surface area contributed by atoms with Gasteiger partial charge in [0.15, 0.2) is 0 Å². The van der Waals surface area contributed by atoms with Crippen molar-refractivity contribution < 1.29 is 18.7 Å². The van der Waals surface area contributed by atoms with Crippen LogP contribution in [0.25, 0.3) is 0 Å². The SMILES string of the molecule is COc1ccc(CNC(=O)CN(C)CC(=O)Nc2ccc(F)cc2)cc1. The summed E-state index contributed by atoms with van der Waals surface area (Å²) in [5.41, 5.74) is 1.46. The van der Waals surface area contributed by atoms with Crippen molar-refractivity contribution in [3.63, 3.8) is 0 Å². The molecule has 0 spiro atoms. The molecule has 2 N–H and O–H groups in total. The summed E-state index contributed by atoms with van der Waals surface area (Å²) in [7, 11) is 3.27. The number of ether oxygens (including phenoxy) is 1. The van der Waals surface area contributed by atoms with Crippen LogP contribution in [0.2, 0.25) is 0 Å². The summed E-state index contributed by atoms with van der Waals surface area (Å²) in [6, 6.07) is 12.9. The Morgan fingerprint density at radius 3 is 2.23 bits per heavy atom. The van der Waals surface area contributed by atoms with Crippen molar-refractivity contribution in [3.05, 3.63) is 59.9 Å². The molecule has 0 saturated carbocycles. The number of methoxy groups -OCH3 is 1. The number of benzene rings is 2. The maximum atomic E-state index is 12.8. The number of hydrogen-bond acceptors (Lipinski definition) is 4. The van der Waals surface area contributed by atoms with Gasteiger partial charge in [0.25, 0.3) is 0 Å². The Morgan fingerprint density at radius 2 is 1.62 bits per heavy atom. The largest absolute Gasteiger partial charge is 0.497 e. The van der Waals surface area contributed by atoms with E-state index in [0.29, 0.717) is 12.2 Å². The van der Waals surface area contributed by atoms with Crippen LogP contribution in [0.1, 0.15) is 5.56 Å². The molecule has 0 aromatic heterocycles. The monoisotopic (exact) mass is 359 g/mol. The van der Waals surface area contributed by atoms with Crippen molar-refractivity contribution in [1.82, 2.24) is 10.2 Å². The molecule has 138 valence electrons. The highest BCUT2D eigenvalue weighted by Gasteiger charge is 2.11. The van der Waals surface area contributed by atoms with Crippen LogP contribution >= 0.6 is 0 Å². The lowest BCUT2D eigenvalue weighted by Gasteiger charge is -2.16. The number of amides is 2. The van der Waals surface area contributed by atoms with Gasteiger partial charge in [0.2, 0.25) is 11.8 Å². The predicted molar refractivity (Wildman–Crippen MR) is 97.4 cm³/mol. The van der Waals surface area contributed by atoms with Gasteiger partial charge < -0.3 is 15.4 Å². The van der Waals surface area contributed by atoms with Crippen LogP contribution in [-0.2, 0) is 16.1 Å². The molecule has 0 aliphatic carbocycles. The first-order valence-corrected chi connectivity index (χ1v) is 8.10. The molecule has 26 heavy (non-hydrogen) atoms. The number of hydrogen-bond donors (Lipinski definition) is 2. The number of carbonyl (C=O) groups is 2. The third kappa shape index (κ3) is 6.52. The molecule has 2 amide bonds. The maximum Gasteiger partial charge on any atom is 0.238 e. The average molecular weight is 359 g/mol. The lowest BCUT2D eigenvalue weighted by molar-refractivity contribution is -0.123. The topological polar surface area (TPSA) is 70.7 Å². The van der Waals surface area contributed by atoms with Gasteiger partial charge in [0.05, 0.1) is 20.2 Å². The van der Waals surface area contributed by atoms with Crippen LogP contribution in [0.5, 0.6) is 5.75 Å². The van der Waals surface area contributed by atoms with E-state index in [1.165, 1.54) is 24.3 Å². The minimum atomic E-state index is -0.367. The van der Waals surface area contributed by atoms with E-state index in [1.54, 1.807) is 19.1 Å². The van der Waals surface area contributed by atoms with Crippen molar-refractivity contribution in [2.45, 2.75) is 6.54 Å². The minimum Gasteiger partial charge on any atom is -0.497 e. The summed E-state index contributed by atoms with van der Waals surface area (Å²) in [5.74, 6) is -0.0689. The summed E-state index contributed by atoms with van der Waals surface area (Å²) in [6.45, 7) is 0.540. The zero-order valence-corrected chi connectivity index (χ0v) is 14.8. The van der Waals surface area contributed by atoms with Gasteiger partial charge in [-0.05, 0) is 49.0 Å². The zero-order chi connectivity index (χ0) is 18.9. The number of nitrogens with zero attached hydrogens (tertiary/aromatic N) is 1. The summed E-state index contributed by atoms with van der Waals surface area (Å²) in [5, 5.41) is 5.45. The van der Waals surface area contributed by atoms with E-state index >= 15 is 0 Å².